The lowest BCUT2D eigenvalue weighted by atomic mass is 9.64. The molecule has 2 aromatic carbocycles. The number of aromatic nitrogens is 3. The molecule has 180 valence electrons. The number of carbonyl (C=O) groups is 1. The molecule has 6 rings (SSSR count). The molecule has 0 saturated heterocycles. The van der Waals surface area contributed by atoms with Crippen molar-refractivity contribution in [1.29, 1.82) is 0 Å². The fourth-order valence-electron chi connectivity index (χ4n) is 6.75. The maximum absolute atomic E-state index is 14.1. The molecule has 2 fully saturated rings. The summed E-state index contributed by atoms with van der Waals surface area (Å²) in [5, 5.41) is 16.8. The topological polar surface area (TPSA) is 94.2 Å². The van der Waals surface area contributed by atoms with E-state index in [0.717, 1.165) is 56.9 Å². The minimum Gasteiger partial charge on any atom is -0.273 e. The Kier molecular flexibility index (Phi) is 5.39. The van der Waals surface area contributed by atoms with Gasteiger partial charge in [0.15, 0.2) is 5.82 Å². The number of nitro benzene ring substituents is 1. The van der Waals surface area contributed by atoms with Crippen LogP contribution in [0.15, 0.2) is 54.6 Å². The summed E-state index contributed by atoms with van der Waals surface area (Å²) in [5.74, 6) is 1.05. The van der Waals surface area contributed by atoms with Crippen LogP contribution in [0.25, 0.3) is 11.4 Å². The van der Waals surface area contributed by atoms with Gasteiger partial charge in [-0.3, -0.25) is 19.8 Å². The van der Waals surface area contributed by atoms with E-state index < -0.39 is 4.92 Å². The van der Waals surface area contributed by atoms with Gasteiger partial charge in [0.25, 0.3) is 11.6 Å². The second-order valence-corrected chi connectivity index (χ2v) is 10.1. The molecule has 1 spiro atoms. The first-order chi connectivity index (χ1) is 17.1. The minimum atomic E-state index is -0.474. The Labute approximate surface area is 204 Å². The second kappa shape index (κ2) is 8.59. The number of nitro groups is 1. The Morgan fingerprint density at radius 1 is 0.943 bits per heavy atom. The normalized spacial score (nSPS) is 22.9. The summed E-state index contributed by atoms with van der Waals surface area (Å²) in [4.78, 5) is 32.1. The number of carbonyl (C=O) groups excluding carboxylic acids is 1. The standard InChI is InChI=1S/C27H29N5O3/c33-25(20-13-5-7-15-22(20)32(34)35)30-23-16-8-6-14-21(23)27(17-9-2-10-18-27)31-26(30)28-24(29-31)19-11-3-1-4-12-19/h1,3-5,7,11-13,15,21,23H,2,6,8-10,14,16-18H2. The van der Waals surface area contributed by atoms with E-state index >= 15 is 0 Å². The van der Waals surface area contributed by atoms with Crippen LogP contribution in [0.1, 0.15) is 68.1 Å². The zero-order valence-electron chi connectivity index (χ0n) is 19.7. The van der Waals surface area contributed by atoms with Crippen molar-refractivity contribution >= 4 is 17.5 Å². The molecule has 35 heavy (non-hydrogen) atoms. The van der Waals surface area contributed by atoms with Crippen LogP contribution >= 0.6 is 0 Å². The Morgan fingerprint density at radius 3 is 2.43 bits per heavy atom. The molecule has 2 unspecified atom stereocenters. The van der Waals surface area contributed by atoms with Gasteiger partial charge in [-0.2, -0.15) is 4.98 Å². The van der Waals surface area contributed by atoms with E-state index in [-0.39, 0.29) is 34.7 Å². The summed E-state index contributed by atoms with van der Waals surface area (Å²) >= 11 is 0. The van der Waals surface area contributed by atoms with Gasteiger partial charge in [-0.1, -0.05) is 74.6 Å². The summed E-state index contributed by atoms with van der Waals surface area (Å²) in [6.45, 7) is 0. The lowest BCUT2D eigenvalue weighted by molar-refractivity contribution is -0.385. The van der Waals surface area contributed by atoms with Gasteiger partial charge in [-0.05, 0) is 31.7 Å². The molecule has 3 aromatic rings. The zero-order valence-corrected chi connectivity index (χ0v) is 19.7. The zero-order chi connectivity index (χ0) is 24.0. The van der Waals surface area contributed by atoms with Gasteiger partial charge in [-0.25, -0.2) is 4.68 Å². The van der Waals surface area contributed by atoms with Gasteiger partial charge < -0.3 is 0 Å². The van der Waals surface area contributed by atoms with Crippen molar-refractivity contribution in [3.05, 3.63) is 70.3 Å². The highest BCUT2D eigenvalue weighted by Gasteiger charge is 2.55. The van der Waals surface area contributed by atoms with E-state index in [0.29, 0.717) is 11.8 Å². The van der Waals surface area contributed by atoms with Crippen molar-refractivity contribution in [2.75, 3.05) is 4.90 Å². The molecule has 2 saturated carbocycles. The summed E-state index contributed by atoms with van der Waals surface area (Å²) in [6.07, 6.45) is 9.65. The predicted molar refractivity (Wildman–Crippen MR) is 132 cm³/mol. The highest BCUT2D eigenvalue weighted by atomic mass is 16.6. The van der Waals surface area contributed by atoms with Gasteiger partial charge in [0.05, 0.1) is 10.5 Å². The van der Waals surface area contributed by atoms with Crippen molar-refractivity contribution < 1.29 is 9.72 Å². The second-order valence-electron chi connectivity index (χ2n) is 10.1. The Balaban J connectivity index is 1.56. The molecule has 8 nitrogen and oxygen atoms in total. The first-order valence-corrected chi connectivity index (χ1v) is 12.7. The predicted octanol–water partition coefficient (Wildman–Crippen LogP) is 5.73. The first kappa shape index (κ1) is 21.9. The lowest BCUT2D eigenvalue weighted by Crippen LogP contribution is -2.61. The van der Waals surface area contributed by atoms with E-state index in [4.69, 9.17) is 10.1 Å². The molecule has 0 bridgehead atoms. The quantitative estimate of drug-likeness (QED) is 0.359. The van der Waals surface area contributed by atoms with E-state index in [1.165, 1.54) is 12.5 Å². The number of amides is 1. The largest absolute Gasteiger partial charge is 0.282 e. The molecular weight excluding hydrogens is 442 g/mol. The Morgan fingerprint density at radius 2 is 1.66 bits per heavy atom. The Hall–Kier alpha value is -3.55. The van der Waals surface area contributed by atoms with Crippen molar-refractivity contribution in [2.45, 2.75) is 69.4 Å². The number of hydrogen-bond acceptors (Lipinski definition) is 5. The SMILES string of the molecule is O=C(c1ccccc1[N+](=O)[O-])N1c2nc(-c3ccccc3)nn2C2(CCCCC2)C2CCCCC21. The smallest absolute Gasteiger partial charge is 0.273 e. The molecule has 2 aliphatic carbocycles. The highest BCUT2D eigenvalue weighted by Crippen LogP contribution is 2.53. The van der Waals surface area contributed by atoms with Crippen LogP contribution in [0.3, 0.4) is 0 Å². The van der Waals surface area contributed by atoms with Gasteiger partial charge >= 0.3 is 0 Å². The Bertz CT molecular complexity index is 1260. The van der Waals surface area contributed by atoms with Crippen LogP contribution in [0.2, 0.25) is 0 Å². The van der Waals surface area contributed by atoms with E-state index in [9.17, 15) is 14.9 Å². The average Bonchev–Trinajstić information content (AvgIpc) is 3.36. The molecular formula is C27H29N5O3. The maximum atomic E-state index is 14.1. The minimum absolute atomic E-state index is 0.0329. The average molecular weight is 472 g/mol. The third-order valence-electron chi connectivity index (χ3n) is 8.28. The molecule has 1 amide bonds. The fraction of sp³-hybridized carbons (Fsp3) is 0.444. The monoisotopic (exact) mass is 471 g/mol. The number of nitrogens with zero attached hydrogens (tertiary/aromatic N) is 5. The molecule has 1 aromatic heterocycles. The number of anilines is 1. The van der Waals surface area contributed by atoms with Crippen LogP contribution in [-0.2, 0) is 5.54 Å². The van der Waals surface area contributed by atoms with Gasteiger partial charge in [0.2, 0.25) is 5.95 Å². The van der Waals surface area contributed by atoms with Crippen molar-refractivity contribution in [2.24, 2.45) is 5.92 Å². The molecule has 2 atom stereocenters. The number of benzene rings is 2. The first-order valence-electron chi connectivity index (χ1n) is 12.7. The van der Waals surface area contributed by atoms with E-state index in [1.807, 2.05) is 35.0 Å². The summed E-state index contributed by atoms with van der Waals surface area (Å²) in [7, 11) is 0. The van der Waals surface area contributed by atoms with Gasteiger partial charge in [-0.15, -0.1) is 5.10 Å². The molecule has 2 heterocycles. The van der Waals surface area contributed by atoms with Crippen molar-refractivity contribution in [3.63, 3.8) is 0 Å². The van der Waals surface area contributed by atoms with Crippen LogP contribution in [0.5, 0.6) is 0 Å². The maximum Gasteiger partial charge on any atom is 0.282 e. The number of fused-ring (bicyclic) bond motifs is 4. The number of hydrogen-bond donors (Lipinski definition) is 0. The molecule has 8 heteroatoms. The van der Waals surface area contributed by atoms with Crippen LogP contribution in [0.4, 0.5) is 11.6 Å². The highest BCUT2D eigenvalue weighted by molar-refractivity contribution is 6.08. The number of rotatable bonds is 3. The van der Waals surface area contributed by atoms with Crippen LogP contribution in [0, 0.1) is 16.0 Å². The third kappa shape index (κ3) is 3.46. The van der Waals surface area contributed by atoms with Gasteiger partial charge in [0, 0.05) is 23.6 Å². The summed E-state index contributed by atoms with van der Waals surface area (Å²) < 4.78 is 2.05. The summed E-state index contributed by atoms with van der Waals surface area (Å²) in [6, 6.07) is 16.1. The van der Waals surface area contributed by atoms with Crippen LogP contribution < -0.4 is 4.90 Å². The third-order valence-corrected chi connectivity index (χ3v) is 8.28. The molecule has 1 aliphatic heterocycles. The van der Waals surface area contributed by atoms with E-state index in [2.05, 4.69) is 0 Å². The summed E-state index contributed by atoms with van der Waals surface area (Å²) in [5.41, 5.74) is 0.689. The van der Waals surface area contributed by atoms with Crippen molar-refractivity contribution in [1.82, 2.24) is 14.8 Å². The van der Waals surface area contributed by atoms with Crippen molar-refractivity contribution in [3.8, 4) is 11.4 Å². The van der Waals surface area contributed by atoms with Crippen LogP contribution in [-0.4, -0.2) is 31.6 Å². The molecule has 0 N–H and O–H groups in total. The molecule has 3 aliphatic rings. The van der Waals surface area contributed by atoms with E-state index in [1.54, 1.807) is 23.1 Å². The number of para-hydroxylation sites is 1. The lowest BCUT2D eigenvalue weighted by Gasteiger charge is -2.55. The van der Waals surface area contributed by atoms with Gasteiger partial charge in [0.1, 0.15) is 5.56 Å². The fourth-order valence-corrected chi connectivity index (χ4v) is 6.75. The molecule has 0 radical (unpaired) electrons.